The van der Waals surface area contributed by atoms with E-state index in [0.29, 0.717) is 0 Å². The fourth-order valence-electron chi connectivity index (χ4n) is 4.00. The molecule has 0 unspecified atom stereocenters. The summed E-state index contributed by atoms with van der Waals surface area (Å²) in [6.45, 7) is 8.88. The van der Waals surface area contributed by atoms with Crippen LogP contribution in [-0.2, 0) is 11.3 Å². The van der Waals surface area contributed by atoms with Crippen LogP contribution in [0.25, 0.3) is 0 Å². The van der Waals surface area contributed by atoms with Gasteiger partial charge in [-0.1, -0.05) is 53.6 Å². The highest BCUT2D eigenvalue weighted by atomic mass is 35.5. The highest BCUT2D eigenvalue weighted by Gasteiger charge is 2.27. The van der Waals surface area contributed by atoms with E-state index >= 15 is 0 Å². The fraction of sp³-hybridized carbons (Fsp3) is 0.435. The molecule has 2 atom stereocenters. The number of aryl methyl sites for hydroxylation is 2. The molecule has 27 heavy (non-hydrogen) atoms. The molecule has 1 N–H and O–H groups in total. The van der Waals surface area contributed by atoms with Crippen LogP contribution in [0.4, 0.5) is 0 Å². The van der Waals surface area contributed by atoms with Gasteiger partial charge in [-0.25, -0.2) is 0 Å². The molecule has 1 heterocycles. The molecule has 144 valence electrons. The normalized spacial score (nSPS) is 18.9. The molecule has 1 fully saturated rings. The number of hydrogen-bond donors (Lipinski definition) is 1. The number of nitrogens with zero attached hydrogens (tertiary/aromatic N) is 1. The first kappa shape index (κ1) is 19.9. The largest absolute Gasteiger partial charge is 0.349 e. The molecule has 0 aliphatic carbocycles. The SMILES string of the molecule is Cc1ccc([C@H](C)NC(=O)[C@H]2CCCN(Cc3ccccc3Cl)C2)c(C)c1. The Morgan fingerprint density at radius 1 is 1.26 bits per heavy atom. The standard InChI is InChI=1S/C23H29ClN2O/c1-16-10-11-21(17(2)13-16)18(3)25-23(27)20-8-6-12-26(15-20)14-19-7-4-5-9-22(19)24/h4-5,7,9-11,13,18,20H,6,8,12,14-15H2,1-3H3,(H,25,27)/t18-,20-/m0/s1. The highest BCUT2D eigenvalue weighted by molar-refractivity contribution is 6.31. The molecule has 1 amide bonds. The first-order valence-corrected chi connectivity index (χ1v) is 10.1. The number of carbonyl (C=O) groups is 1. The summed E-state index contributed by atoms with van der Waals surface area (Å²) >= 11 is 6.30. The quantitative estimate of drug-likeness (QED) is 0.782. The van der Waals surface area contributed by atoms with Gasteiger partial charge in [-0.15, -0.1) is 0 Å². The molecule has 3 rings (SSSR count). The van der Waals surface area contributed by atoms with E-state index in [-0.39, 0.29) is 17.9 Å². The number of likely N-dealkylation sites (tertiary alicyclic amines) is 1. The molecule has 1 aliphatic heterocycles. The van der Waals surface area contributed by atoms with Crippen molar-refractivity contribution in [1.82, 2.24) is 10.2 Å². The lowest BCUT2D eigenvalue weighted by Crippen LogP contribution is -2.43. The number of piperidine rings is 1. The van der Waals surface area contributed by atoms with Crippen molar-refractivity contribution < 1.29 is 4.79 Å². The molecule has 0 spiro atoms. The maximum Gasteiger partial charge on any atom is 0.224 e. The second-order valence-electron chi connectivity index (χ2n) is 7.76. The number of rotatable bonds is 5. The van der Waals surface area contributed by atoms with Crippen LogP contribution >= 0.6 is 11.6 Å². The summed E-state index contributed by atoms with van der Waals surface area (Å²) in [5, 5.41) is 4.03. The average molecular weight is 385 g/mol. The van der Waals surface area contributed by atoms with Gasteiger partial charge in [-0.2, -0.15) is 0 Å². The molecule has 0 bridgehead atoms. The molecular weight excluding hydrogens is 356 g/mol. The van der Waals surface area contributed by atoms with Crippen molar-refractivity contribution in [2.75, 3.05) is 13.1 Å². The fourth-order valence-corrected chi connectivity index (χ4v) is 4.20. The first-order valence-electron chi connectivity index (χ1n) is 9.77. The number of hydrogen-bond acceptors (Lipinski definition) is 2. The van der Waals surface area contributed by atoms with Crippen LogP contribution in [0.3, 0.4) is 0 Å². The van der Waals surface area contributed by atoms with E-state index < -0.39 is 0 Å². The molecule has 1 saturated heterocycles. The Morgan fingerprint density at radius 2 is 2.04 bits per heavy atom. The number of nitrogens with one attached hydrogen (secondary N) is 1. The maximum absolute atomic E-state index is 12.9. The molecule has 4 heteroatoms. The van der Waals surface area contributed by atoms with Crippen molar-refractivity contribution >= 4 is 17.5 Å². The summed E-state index contributed by atoms with van der Waals surface area (Å²) in [5.74, 6) is 0.195. The highest BCUT2D eigenvalue weighted by Crippen LogP contribution is 2.24. The van der Waals surface area contributed by atoms with Crippen LogP contribution in [0.2, 0.25) is 5.02 Å². The van der Waals surface area contributed by atoms with Gasteiger partial charge in [0.25, 0.3) is 0 Å². The van der Waals surface area contributed by atoms with Crippen LogP contribution in [0.5, 0.6) is 0 Å². The Hall–Kier alpha value is -1.84. The van der Waals surface area contributed by atoms with E-state index in [9.17, 15) is 4.79 Å². The Bertz CT molecular complexity index is 805. The third kappa shape index (κ3) is 5.12. The topological polar surface area (TPSA) is 32.3 Å². The van der Waals surface area contributed by atoms with Crippen LogP contribution in [0, 0.1) is 19.8 Å². The van der Waals surface area contributed by atoms with Crippen LogP contribution in [0.15, 0.2) is 42.5 Å². The van der Waals surface area contributed by atoms with E-state index in [4.69, 9.17) is 11.6 Å². The molecule has 0 aromatic heterocycles. The predicted molar refractivity (Wildman–Crippen MR) is 112 cm³/mol. The van der Waals surface area contributed by atoms with Crippen molar-refractivity contribution in [1.29, 1.82) is 0 Å². The van der Waals surface area contributed by atoms with Gasteiger partial charge in [0.2, 0.25) is 5.91 Å². The Morgan fingerprint density at radius 3 is 2.78 bits per heavy atom. The summed E-state index contributed by atoms with van der Waals surface area (Å²) in [4.78, 5) is 15.2. The van der Waals surface area contributed by atoms with E-state index in [1.165, 1.54) is 16.7 Å². The van der Waals surface area contributed by atoms with Crippen molar-refractivity contribution in [2.45, 2.75) is 46.2 Å². The minimum Gasteiger partial charge on any atom is -0.349 e. The van der Waals surface area contributed by atoms with Gasteiger partial charge in [0, 0.05) is 18.1 Å². The lowest BCUT2D eigenvalue weighted by atomic mass is 9.95. The molecule has 3 nitrogen and oxygen atoms in total. The van der Waals surface area contributed by atoms with Gasteiger partial charge in [0.15, 0.2) is 0 Å². The summed E-state index contributed by atoms with van der Waals surface area (Å²) < 4.78 is 0. The van der Waals surface area contributed by atoms with Crippen LogP contribution in [0.1, 0.15) is 48.1 Å². The van der Waals surface area contributed by atoms with Crippen molar-refractivity contribution in [2.24, 2.45) is 5.92 Å². The van der Waals surface area contributed by atoms with E-state index in [1.807, 2.05) is 18.2 Å². The van der Waals surface area contributed by atoms with Gasteiger partial charge in [-0.05, 0) is 62.9 Å². The Labute approximate surface area is 167 Å². The second kappa shape index (κ2) is 8.90. The van der Waals surface area contributed by atoms with E-state index in [1.54, 1.807) is 0 Å². The Kier molecular flexibility index (Phi) is 6.56. The van der Waals surface area contributed by atoms with Crippen molar-refractivity contribution in [3.8, 4) is 0 Å². The zero-order chi connectivity index (χ0) is 19.4. The summed E-state index contributed by atoms with van der Waals surface area (Å²) in [6.07, 6.45) is 1.99. The third-order valence-electron chi connectivity index (χ3n) is 5.48. The lowest BCUT2D eigenvalue weighted by Gasteiger charge is -2.33. The minimum atomic E-state index is 0.0250. The lowest BCUT2D eigenvalue weighted by molar-refractivity contribution is -0.127. The summed E-state index contributed by atoms with van der Waals surface area (Å²) in [5.41, 5.74) is 4.80. The first-order chi connectivity index (χ1) is 12.9. The van der Waals surface area contributed by atoms with Crippen molar-refractivity contribution in [3.05, 3.63) is 69.7 Å². The molecule has 1 aliphatic rings. The number of carbonyl (C=O) groups excluding carboxylic acids is 1. The van der Waals surface area contributed by atoms with Crippen LogP contribution < -0.4 is 5.32 Å². The van der Waals surface area contributed by atoms with Gasteiger partial charge in [0.05, 0.1) is 12.0 Å². The third-order valence-corrected chi connectivity index (χ3v) is 5.85. The zero-order valence-electron chi connectivity index (χ0n) is 16.5. The van der Waals surface area contributed by atoms with E-state index in [2.05, 4.69) is 55.3 Å². The average Bonchev–Trinajstić information content (AvgIpc) is 2.63. The summed E-state index contributed by atoms with van der Waals surface area (Å²) in [7, 11) is 0. The molecule has 2 aromatic carbocycles. The minimum absolute atomic E-state index is 0.0250. The van der Waals surface area contributed by atoms with Gasteiger partial charge in [0.1, 0.15) is 0 Å². The Balaban J connectivity index is 1.60. The molecule has 2 aromatic rings. The van der Waals surface area contributed by atoms with E-state index in [0.717, 1.165) is 43.1 Å². The smallest absolute Gasteiger partial charge is 0.224 e. The van der Waals surface area contributed by atoms with Crippen molar-refractivity contribution in [3.63, 3.8) is 0 Å². The maximum atomic E-state index is 12.9. The molecule has 0 radical (unpaired) electrons. The number of benzene rings is 2. The predicted octanol–water partition coefficient (Wildman–Crippen LogP) is 5.05. The van der Waals surface area contributed by atoms with Gasteiger partial charge in [-0.3, -0.25) is 9.69 Å². The number of amides is 1. The van der Waals surface area contributed by atoms with Gasteiger partial charge >= 0.3 is 0 Å². The second-order valence-corrected chi connectivity index (χ2v) is 8.16. The monoisotopic (exact) mass is 384 g/mol. The molecular formula is C23H29ClN2O. The van der Waals surface area contributed by atoms with Crippen LogP contribution in [-0.4, -0.2) is 23.9 Å². The number of halogens is 1. The summed E-state index contributed by atoms with van der Waals surface area (Å²) in [6, 6.07) is 14.4. The zero-order valence-corrected chi connectivity index (χ0v) is 17.2. The van der Waals surface area contributed by atoms with Gasteiger partial charge < -0.3 is 5.32 Å². The molecule has 0 saturated carbocycles.